The largest absolute Gasteiger partial charge is 0.399 e. The molecule has 4 rings (SSSR count). The number of nitrogens with zero attached hydrogens (tertiary/aromatic N) is 1. The van der Waals surface area contributed by atoms with E-state index in [9.17, 15) is 0 Å². The van der Waals surface area contributed by atoms with Gasteiger partial charge in [0.25, 0.3) is 0 Å². The lowest BCUT2D eigenvalue weighted by Crippen LogP contribution is -2.30. The fraction of sp³-hybridized carbons (Fsp3) is 0.136. The third-order valence-corrected chi connectivity index (χ3v) is 4.66. The second-order valence-corrected chi connectivity index (χ2v) is 6.46. The van der Waals surface area contributed by atoms with Crippen LogP contribution in [0.25, 0.3) is 0 Å². The topological polar surface area (TPSA) is 62.4 Å². The van der Waals surface area contributed by atoms with Gasteiger partial charge in [-0.2, -0.15) is 0 Å². The van der Waals surface area contributed by atoms with Gasteiger partial charge >= 0.3 is 0 Å². The first-order valence-electron chi connectivity index (χ1n) is 8.83. The van der Waals surface area contributed by atoms with Gasteiger partial charge in [0.05, 0.1) is 6.54 Å². The molecule has 0 radical (unpaired) electrons. The summed E-state index contributed by atoms with van der Waals surface area (Å²) in [6.45, 7) is 1.41. The third kappa shape index (κ3) is 4.97. The number of nitrogen functional groups attached to an aromatic ring is 1. The van der Waals surface area contributed by atoms with Crippen LogP contribution in [0.5, 0.6) is 0 Å². The van der Waals surface area contributed by atoms with E-state index < -0.39 is 0 Å². The van der Waals surface area contributed by atoms with E-state index in [1.807, 2.05) is 30.3 Å². The normalized spacial score (nSPS) is 14.9. The van der Waals surface area contributed by atoms with Crippen molar-refractivity contribution in [3.8, 4) is 0 Å². The standard InChI is InChI=1S/C22H22N4.2ClH/c23-18-12-10-16(11-13-18)14-24-22-25-15-20(17-6-2-1-3-7-17)19-8-4-5-9-21(19)26-22;;/h1-13,20H,14-15,23H2,(H2,24,25,26);2*1H. The molecule has 0 aromatic heterocycles. The zero-order valence-electron chi connectivity index (χ0n) is 15.3. The van der Waals surface area contributed by atoms with E-state index in [0.717, 1.165) is 17.3 Å². The summed E-state index contributed by atoms with van der Waals surface area (Å²) in [7, 11) is 0. The molecule has 146 valence electrons. The molecule has 4 nitrogen and oxygen atoms in total. The first-order chi connectivity index (χ1) is 12.8. The fourth-order valence-electron chi connectivity index (χ4n) is 3.25. The molecule has 6 heteroatoms. The van der Waals surface area contributed by atoms with E-state index >= 15 is 0 Å². The van der Waals surface area contributed by atoms with Crippen LogP contribution in [0.15, 0.2) is 83.9 Å². The van der Waals surface area contributed by atoms with Crippen LogP contribution in [-0.4, -0.2) is 12.5 Å². The second-order valence-electron chi connectivity index (χ2n) is 6.46. The predicted octanol–water partition coefficient (Wildman–Crippen LogP) is 4.82. The molecule has 3 aromatic rings. The number of fused-ring (bicyclic) bond motifs is 1. The van der Waals surface area contributed by atoms with Gasteiger partial charge < -0.3 is 16.4 Å². The van der Waals surface area contributed by atoms with Gasteiger partial charge in [0, 0.05) is 23.8 Å². The van der Waals surface area contributed by atoms with Crippen molar-refractivity contribution in [2.75, 3.05) is 17.6 Å². The van der Waals surface area contributed by atoms with Gasteiger partial charge in [-0.1, -0.05) is 60.7 Å². The number of aliphatic imine (C=N–C) groups is 1. The maximum Gasteiger partial charge on any atom is 0.196 e. The smallest absolute Gasteiger partial charge is 0.196 e. The second kappa shape index (κ2) is 10.0. The lowest BCUT2D eigenvalue weighted by atomic mass is 9.90. The molecule has 1 unspecified atom stereocenters. The van der Waals surface area contributed by atoms with Crippen LogP contribution in [0.3, 0.4) is 0 Å². The summed E-state index contributed by atoms with van der Waals surface area (Å²) >= 11 is 0. The quantitative estimate of drug-likeness (QED) is 0.538. The minimum Gasteiger partial charge on any atom is -0.399 e. The Labute approximate surface area is 178 Å². The Morgan fingerprint density at radius 3 is 2.32 bits per heavy atom. The van der Waals surface area contributed by atoms with Crippen LogP contribution in [0.1, 0.15) is 22.6 Å². The Kier molecular flexibility index (Phi) is 7.73. The van der Waals surface area contributed by atoms with Crippen molar-refractivity contribution in [2.24, 2.45) is 4.99 Å². The molecule has 0 amide bonds. The van der Waals surface area contributed by atoms with Gasteiger partial charge in [0.2, 0.25) is 0 Å². The van der Waals surface area contributed by atoms with E-state index in [2.05, 4.69) is 59.2 Å². The van der Waals surface area contributed by atoms with Crippen molar-refractivity contribution in [3.63, 3.8) is 0 Å². The lowest BCUT2D eigenvalue weighted by Gasteiger charge is -2.17. The highest BCUT2D eigenvalue weighted by Gasteiger charge is 2.20. The van der Waals surface area contributed by atoms with Gasteiger partial charge in [-0.05, 0) is 34.9 Å². The monoisotopic (exact) mass is 414 g/mol. The van der Waals surface area contributed by atoms with Gasteiger partial charge in [-0.15, -0.1) is 24.8 Å². The molecule has 1 aliphatic heterocycles. The number of hydrogen-bond donors (Lipinski definition) is 3. The fourth-order valence-corrected chi connectivity index (χ4v) is 3.25. The summed E-state index contributed by atoms with van der Waals surface area (Å²) in [4.78, 5) is 4.80. The van der Waals surface area contributed by atoms with Crippen molar-refractivity contribution in [1.29, 1.82) is 0 Å². The van der Waals surface area contributed by atoms with Crippen LogP contribution in [-0.2, 0) is 6.54 Å². The molecule has 4 N–H and O–H groups in total. The maximum absolute atomic E-state index is 5.75. The molecule has 0 fully saturated rings. The Balaban J connectivity index is 0.00000140. The Hall–Kier alpha value is -2.69. The van der Waals surface area contributed by atoms with Crippen molar-refractivity contribution < 1.29 is 0 Å². The number of benzene rings is 3. The molecule has 0 bridgehead atoms. The zero-order valence-corrected chi connectivity index (χ0v) is 17.0. The van der Waals surface area contributed by atoms with Crippen molar-refractivity contribution in [1.82, 2.24) is 5.32 Å². The zero-order chi connectivity index (χ0) is 17.8. The predicted molar refractivity (Wildman–Crippen MR) is 123 cm³/mol. The summed E-state index contributed by atoms with van der Waals surface area (Å²) in [5, 5.41) is 6.86. The molecule has 28 heavy (non-hydrogen) atoms. The Morgan fingerprint density at radius 2 is 1.57 bits per heavy atom. The van der Waals surface area contributed by atoms with Gasteiger partial charge in [-0.25, -0.2) is 0 Å². The number of nitrogens with one attached hydrogen (secondary N) is 2. The average Bonchev–Trinajstić information content (AvgIpc) is 2.87. The number of halogens is 2. The van der Waals surface area contributed by atoms with Crippen LogP contribution in [0.2, 0.25) is 0 Å². The number of hydrogen-bond acceptors (Lipinski definition) is 4. The number of nitrogens with two attached hydrogens (primary N) is 1. The number of rotatable bonds is 3. The Morgan fingerprint density at radius 1 is 0.893 bits per heavy atom. The van der Waals surface area contributed by atoms with Crippen LogP contribution in [0, 0.1) is 0 Å². The minimum absolute atomic E-state index is 0. The maximum atomic E-state index is 5.75. The highest BCUT2D eigenvalue weighted by atomic mass is 35.5. The molecule has 1 atom stereocenters. The molecular weight excluding hydrogens is 391 g/mol. The highest BCUT2D eigenvalue weighted by Crippen LogP contribution is 2.32. The van der Waals surface area contributed by atoms with E-state index in [4.69, 9.17) is 10.7 Å². The van der Waals surface area contributed by atoms with E-state index in [1.54, 1.807) is 0 Å². The first-order valence-corrected chi connectivity index (χ1v) is 8.83. The molecule has 3 aromatic carbocycles. The molecule has 0 spiro atoms. The summed E-state index contributed by atoms with van der Waals surface area (Å²) in [6, 6.07) is 26.9. The number of para-hydroxylation sites is 1. The third-order valence-electron chi connectivity index (χ3n) is 4.66. The molecule has 0 saturated carbocycles. The van der Waals surface area contributed by atoms with E-state index in [-0.39, 0.29) is 30.7 Å². The summed E-state index contributed by atoms with van der Waals surface area (Å²) in [5.41, 5.74) is 11.3. The van der Waals surface area contributed by atoms with Crippen molar-refractivity contribution >= 4 is 42.1 Å². The molecular formula is C22H24Cl2N4. The van der Waals surface area contributed by atoms with E-state index in [0.29, 0.717) is 13.1 Å². The molecule has 0 saturated heterocycles. The number of anilines is 2. The SMILES string of the molecule is Cl.Cl.Nc1ccc(CNC2=NCC(c3ccccc3)c3ccccc3N2)cc1. The van der Waals surface area contributed by atoms with E-state index in [1.165, 1.54) is 16.7 Å². The van der Waals surface area contributed by atoms with Gasteiger partial charge in [-0.3, -0.25) is 4.99 Å². The van der Waals surface area contributed by atoms with Crippen molar-refractivity contribution in [2.45, 2.75) is 12.5 Å². The lowest BCUT2D eigenvalue weighted by molar-refractivity contribution is 0.817. The van der Waals surface area contributed by atoms with Gasteiger partial charge in [0.1, 0.15) is 0 Å². The summed E-state index contributed by atoms with van der Waals surface area (Å²) in [6.07, 6.45) is 0. The summed E-state index contributed by atoms with van der Waals surface area (Å²) in [5.74, 6) is 1.04. The van der Waals surface area contributed by atoms with Crippen LogP contribution >= 0.6 is 24.8 Å². The van der Waals surface area contributed by atoms with Crippen LogP contribution < -0.4 is 16.4 Å². The Bertz CT molecular complexity index is 911. The molecule has 1 aliphatic rings. The van der Waals surface area contributed by atoms with Crippen LogP contribution in [0.4, 0.5) is 11.4 Å². The minimum atomic E-state index is 0. The molecule has 1 heterocycles. The number of guanidine groups is 1. The van der Waals surface area contributed by atoms with Gasteiger partial charge in [0.15, 0.2) is 5.96 Å². The first kappa shape index (κ1) is 21.6. The molecule has 0 aliphatic carbocycles. The van der Waals surface area contributed by atoms with Crippen molar-refractivity contribution in [3.05, 3.63) is 95.6 Å². The summed E-state index contributed by atoms with van der Waals surface area (Å²) < 4.78 is 0. The average molecular weight is 415 g/mol. The highest BCUT2D eigenvalue weighted by molar-refractivity contribution is 5.95.